The fourth-order valence-electron chi connectivity index (χ4n) is 2.70. The van der Waals surface area contributed by atoms with Gasteiger partial charge in [0.25, 0.3) is 0 Å². The molecule has 5 nitrogen and oxygen atoms in total. The number of carbonyl (C=O) groups is 3. The molecule has 128 valence electrons. The smallest absolute Gasteiger partial charge is 0.228 e. The highest BCUT2D eigenvalue weighted by Crippen LogP contribution is 2.40. The van der Waals surface area contributed by atoms with Crippen molar-refractivity contribution in [2.75, 3.05) is 10.6 Å². The van der Waals surface area contributed by atoms with Crippen LogP contribution in [0.3, 0.4) is 0 Å². The van der Waals surface area contributed by atoms with Crippen molar-refractivity contribution in [3.05, 3.63) is 59.7 Å². The molecule has 0 heterocycles. The first-order valence-corrected chi connectivity index (χ1v) is 8.23. The summed E-state index contributed by atoms with van der Waals surface area (Å²) in [6.07, 6.45) is 0.538. The third kappa shape index (κ3) is 4.12. The largest absolute Gasteiger partial charge is 0.326 e. The van der Waals surface area contributed by atoms with Crippen LogP contribution in [0.5, 0.6) is 0 Å². The van der Waals surface area contributed by atoms with Gasteiger partial charge in [-0.05, 0) is 44.5 Å². The lowest BCUT2D eigenvalue weighted by molar-refractivity contribution is -0.122. The van der Waals surface area contributed by atoms with Crippen LogP contribution in [0.1, 0.15) is 29.3 Å². The number of ketones is 1. The maximum Gasteiger partial charge on any atom is 0.228 e. The van der Waals surface area contributed by atoms with Crippen LogP contribution >= 0.6 is 0 Å². The van der Waals surface area contributed by atoms with Gasteiger partial charge >= 0.3 is 0 Å². The van der Waals surface area contributed by atoms with Crippen molar-refractivity contribution in [3.8, 4) is 0 Å². The number of carbonyl (C=O) groups excluding carboxylic acids is 3. The van der Waals surface area contributed by atoms with Crippen LogP contribution in [-0.2, 0) is 9.59 Å². The number of Topliss-reactive ketones (excluding diaryl/α,β-unsaturated/α-hetero) is 1. The minimum atomic E-state index is -0.327. The summed E-state index contributed by atoms with van der Waals surface area (Å²) in [5.74, 6) is -1.02. The zero-order chi connectivity index (χ0) is 18.0. The van der Waals surface area contributed by atoms with Gasteiger partial charge in [0, 0.05) is 16.9 Å². The fourth-order valence-corrected chi connectivity index (χ4v) is 2.70. The summed E-state index contributed by atoms with van der Waals surface area (Å²) in [5.41, 5.74) is 2.97. The molecule has 2 aromatic carbocycles. The molecule has 1 aliphatic rings. The summed E-state index contributed by atoms with van der Waals surface area (Å²) in [6.45, 7) is 3.46. The summed E-state index contributed by atoms with van der Waals surface area (Å²) in [6, 6.07) is 14.3. The van der Waals surface area contributed by atoms with Crippen molar-refractivity contribution in [2.24, 2.45) is 11.8 Å². The lowest BCUT2D eigenvalue weighted by Crippen LogP contribution is -2.20. The lowest BCUT2D eigenvalue weighted by Gasteiger charge is -2.07. The molecule has 2 amide bonds. The van der Waals surface area contributed by atoms with Crippen LogP contribution in [0.4, 0.5) is 11.4 Å². The van der Waals surface area contributed by atoms with E-state index in [4.69, 9.17) is 0 Å². The molecular formula is C20H20N2O3. The number of hydrogen-bond donors (Lipinski definition) is 2. The quantitative estimate of drug-likeness (QED) is 0.822. The molecular weight excluding hydrogens is 316 g/mol. The van der Waals surface area contributed by atoms with Crippen LogP contribution in [0.25, 0.3) is 0 Å². The van der Waals surface area contributed by atoms with Crippen molar-refractivity contribution >= 4 is 29.0 Å². The Hall–Kier alpha value is -2.95. The normalized spacial score (nSPS) is 18.3. The van der Waals surface area contributed by atoms with E-state index < -0.39 is 0 Å². The second-order valence-corrected chi connectivity index (χ2v) is 6.43. The van der Waals surface area contributed by atoms with Crippen molar-refractivity contribution in [3.63, 3.8) is 0 Å². The molecule has 1 aliphatic carbocycles. The van der Waals surface area contributed by atoms with E-state index in [-0.39, 0.29) is 29.4 Å². The molecule has 2 aromatic rings. The lowest BCUT2D eigenvalue weighted by atomic mass is 10.1. The molecule has 25 heavy (non-hydrogen) atoms. The van der Waals surface area contributed by atoms with E-state index in [2.05, 4.69) is 10.6 Å². The van der Waals surface area contributed by atoms with E-state index in [9.17, 15) is 14.4 Å². The zero-order valence-corrected chi connectivity index (χ0v) is 14.2. The zero-order valence-electron chi connectivity index (χ0n) is 14.2. The summed E-state index contributed by atoms with van der Waals surface area (Å²) in [4.78, 5) is 35.9. The molecule has 0 saturated heterocycles. The first-order chi connectivity index (χ1) is 11.9. The standard InChI is InChI=1S/C20H20N2O3/c1-12-6-8-15(9-7-12)21-19(24)17-11-18(17)20(25)22-16-5-3-4-14(10-16)13(2)23/h3-10,17-18H,11H2,1-2H3,(H,21,24)(H,22,25). The SMILES string of the molecule is CC(=O)c1cccc(NC(=O)C2CC2C(=O)Nc2ccc(C)cc2)c1. The Morgan fingerprint density at radius 2 is 1.48 bits per heavy atom. The van der Waals surface area contributed by atoms with E-state index in [0.29, 0.717) is 17.7 Å². The van der Waals surface area contributed by atoms with Gasteiger partial charge in [0.05, 0.1) is 11.8 Å². The number of benzene rings is 2. The molecule has 0 aromatic heterocycles. The van der Waals surface area contributed by atoms with Crippen molar-refractivity contribution in [2.45, 2.75) is 20.3 Å². The average molecular weight is 336 g/mol. The maximum atomic E-state index is 12.3. The van der Waals surface area contributed by atoms with Gasteiger partial charge in [-0.1, -0.05) is 29.8 Å². The molecule has 2 unspecified atom stereocenters. The molecule has 2 N–H and O–H groups in total. The molecule has 3 rings (SSSR count). The number of hydrogen-bond acceptors (Lipinski definition) is 3. The van der Waals surface area contributed by atoms with Gasteiger partial charge in [0.2, 0.25) is 11.8 Å². The summed E-state index contributed by atoms with van der Waals surface area (Å²) in [5, 5.41) is 5.62. The molecule has 1 fully saturated rings. The molecule has 0 aliphatic heterocycles. The second kappa shape index (κ2) is 6.89. The highest BCUT2D eigenvalue weighted by molar-refractivity contribution is 6.03. The minimum absolute atomic E-state index is 0.0575. The van der Waals surface area contributed by atoms with Gasteiger partial charge in [-0.2, -0.15) is 0 Å². The van der Waals surface area contributed by atoms with Crippen molar-refractivity contribution in [1.82, 2.24) is 0 Å². The van der Waals surface area contributed by atoms with Gasteiger partial charge in [0.1, 0.15) is 0 Å². The Kier molecular flexibility index (Phi) is 4.65. The molecule has 5 heteroatoms. The van der Waals surface area contributed by atoms with Crippen LogP contribution in [0.15, 0.2) is 48.5 Å². The average Bonchev–Trinajstić information content (AvgIpc) is 3.38. The topological polar surface area (TPSA) is 75.3 Å². The maximum absolute atomic E-state index is 12.3. The van der Waals surface area contributed by atoms with E-state index in [1.165, 1.54) is 6.92 Å². The molecule has 0 spiro atoms. The Morgan fingerprint density at radius 3 is 2.08 bits per heavy atom. The number of aryl methyl sites for hydroxylation is 1. The van der Waals surface area contributed by atoms with E-state index >= 15 is 0 Å². The molecule has 0 bridgehead atoms. The van der Waals surface area contributed by atoms with Crippen LogP contribution in [-0.4, -0.2) is 17.6 Å². The highest BCUT2D eigenvalue weighted by Gasteiger charge is 2.48. The van der Waals surface area contributed by atoms with Gasteiger partial charge in [0.15, 0.2) is 5.78 Å². The van der Waals surface area contributed by atoms with Crippen molar-refractivity contribution in [1.29, 1.82) is 0 Å². The number of anilines is 2. The van der Waals surface area contributed by atoms with E-state index in [1.54, 1.807) is 24.3 Å². The molecule has 2 atom stereocenters. The monoisotopic (exact) mass is 336 g/mol. The first kappa shape index (κ1) is 16.9. The Bertz CT molecular complexity index is 827. The Labute approximate surface area is 146 Å². The Balaban J connectivity index is 1.56. The van der Waals surface area contributed by atoms with Gasteiger partial charge in [-0.3, -0.25) is 14.4 Å². The van der Waals surface area contributed by atoms with Gasteiger partial charge in [-0.15, -0.1) is 0 Å². The van der Waals surface area contributed by atoms with Crippen LogP contribution < -0.4 is 10.6 Å². The summed E-state index contributed by atoms with van der Waals surface area (Å²) in [7, 11) is 0. The van der Waals surface area contributed by atoms with Crippen LogP contribution in [0.2, 0.25) is 0 Å². The van der Waals surface area contributed by atoms with E-state index in [0.717, 1.165) is 11.3 Å². The predicted molar refractivity (Wildman–Crippen MR) is 96.5 cm³/mol. The second-order valence-electron chi connectivity index (χ2n) is 6.43. The number of amides is 2. The fraction of sp³-hybridized carbons (Fsp3) is 0.250. The number of nitrogens with one attached hydrogen (secondary N) is 2. The highest BCUT2D eigenvalue weighted by atomic mass is 16.2. The van der Waals surface area contributed by atoms with Gasteiger partial charge < -0.3 is 10.6 Å². The minimum Gasteiger partial charge on any atom is -0.326 e. The molecule has 0 radical (unpaired) electrons. The van der Waals surface area contributed by atoms with Crippen molar-refractivity contribution < 1.29 is 14.4 Å². The predicted octanol–water partition coefficient (Wildman–Crippen LogP) is 3.41. The molecule has 1 saturated carbocycles. The van der Waals surface area contributed by atoms with Crippen LogP contribution in [0, 0.1) is 18.8 Å². The third-order valence-corrected chi connectivity index (χ3v) is 4.32. The Morgan fingerprint density at radius 1 is 0.880 bits per heavy atom. The number of rotatable bonds is 5. The first-order valence-electron chi connectivity index (χ1n) is 8.23. The third-order valence-electron chi connectivity index (χ3n) is 4.32. The van der Waals surface area contributed by atoms with Gasteiger partial charge in [-0.25, -0.2) is 0 Å². The van der Waals surface area contributed by atoms with E-state index in [1.807, 2.05) is 31.2 Å². The summed E-state index contributed by atoms with van der Waals surface area (Å²) < 4.78 is 0. The summed E-state index contributed by atoms with van der Waals surface area (Å²) >= 11 is 0.